The molecule has 0 saturated carbocycles. The van der Waals surface area contributed by atoms with Crippen LogP contribution in [0.25, 0.3) is 10.9 Å². The summed E-state index contributed by atoms with van der Waals surface area (Å²) < 4.78 is 19.9. The summed E-state index contributed by atoms with van der Waals surface area (Å²) >= 11 is 9.43. The number of benzene rings is 2. The quantitative estimate of drug-likeness (QED) is 0.581. The minimum absolute atomic E-state index is 0.157. The highest BCUT2D eigenvalue weighted by atomic mass is 79.9. The average Bonchev–Trinajstić information content (AvgIpc) is 2.48. The van der Waals surface area contributed by atoms with Crippen molar-refractivity contribution in [3.8, 4) is 5.75 Å². The smallest absolute Gasteiger partial charge is 0.165 e. The van der Waals surface area contributed by atoms with Gasteiger partial charge < -0.3 is 4.74 Å². The van der Waals surface area contributed by atoms with Crippen LogP contribution in [-0.2, 0) is 6.61 Å². The van der Waals surface area contributed by atoms with Crippen molar-refractivity contribution in [3.63, 3.8) is 0 Å². The molecule has 0 N–H and O–H groups in total. The molecule has 0 radical (unpaired) electrons. The molecule has 0 bridgehead atoms. The Bertz CT molecular complexity index is 809. The maximum Gasteiger partial charge on any atom is 0.165 e. The molecular weight excluding hydrogens is 357 g/mol. The number of nitrogens with zero attached hydrogens (tertiary/aromatic N) is 1. The van der Waals surface area contributed by atoms with E-state index in [1.54, 1.807) is 12.1 Å². The SMILES string of the molecule is Fc1ccc(Br)cc1OCc1cc2ccccc2nc1Cl. The van der Waals surface area contributed by atoms with Gasteiger partial charge in [0, 0.05) is 15.4 Å². The second kappa shape index (κ2) is 6.00. The Morgan fingerprint density at radius 1 is 1.14 bits per heavy atom. The van der Waals surface area contributed by atoms with Gasteiger partial charge in [-0.25, -0.2) is 9.37 Å². The zero-order valence-electron chi connectivity index (χ0n) is 10.8. The van der Waals surface area contributed by atoms with Crippen LogP contribution in [0.1, 0.15) is 5.56 Å². The van der Waals surface area contributed by atoms with Crippen molar-refractivity contribution in [3.05, 3.63) is 69.5 Å². The van der Waals surface area contributed by atoms with Gasteiger partial charge in [-0.2, -0.15) is 0 Å². The number of pyridine rings is 1. The third-order valence-electron chi connectivity index (χ3n) is 3.03. The third-order valence-corrected chi connectivity index (χ3v) is 3.85. The van der Waals surface area contributed by atoms with Gasteiger partial charge in [0.2, 0.25) is 0 Å². The van der Waals surface area contributed by atoms with Gasteiger partial charge in [-0.05, 0) is 30.3 Å². The summed E-state index contributed by atoms with van der Waals surface area (Å²) in [5, 5.41) is 1.33. The van der Waals surface area contributed by atoms with E-state index >= 15 is 0 Å². The Balaban J connectivity index is 1.88. The van der Waals surface area contributed by atoms with E-state index in [-0.39, 0.29) is 12.4 Å². The van der Waals surface area contributed by atoms with Gasteiger partial charge in [0.05, 0.1) is 5.52 Å². The van der Waals surface area contributed by atoms with Crippen LogP contribution in [-0.4, -0.2) is 4.98 Å². The largest absolute Gasteiger partial charge is 0.486 e. The molecule has 0 aliphatic rings. The first-order valence-corrected chi connectivity index (χ1v) is 7.42. The first-order valence-electron chi connectivity index (χ1n) is 6.25. The number of ether oxygens (including phenoxy) is 1. The molecule has 2 aromatic carbocycles. The summed E-state index contributed by atoms with van der Waals surface area (Å²) in [6, 6.07) is 14.1. The van der Waals surface area contributed by atoms with E-state index in [1.807, 2.05) is 30.3 Å². The second-order valence-corrected chi connectivity index (χ2v) is 5.77. The molecule has 5 heteroatoms. The number of fused-ring (bicyclic) bond motifs is 1. The molecule has 0 atom stereocenters. The Morgan fingerprint density at radius 2 is 1.95 bits per heavy atom. The fourth-order valence-electron chi connectivity index (χ4n) is 1.98. The van der Waals surface area contributed by atoms with Gasteiger partial charge >= 0.3 is 0 Å². The van der Waals surface area contributed by atoms with Crippen molar-refractivity contribution in [1.82, 2.24) is 4.98 Å². The Kier molecular flexibility index (Phi) is 4.08. The van der Waals surface area contributed by atoms with Gasteiger partial charge in [0.25, 0.3) is 0 Å². The lowest BCUT2D eigenvalue weighted by atomic mass is 10.2. The van der Waals surface area contributed by atoms with Gasteiger partial charge in [-0.1, -0.05) is 45.7 Å². The first-order chi connectivity index (χ1) is 10.1. The molecule has 0 aliphatic heterocycles. The fourth-order valence-corrected chi connectivity index (χ4v) is 2.52. The van der Waals surface area contributed by atoms with Crippen LogP contribution in [0.2, 0.25) is 5.15 Å². The molecule has 106 valence electrons. The minimum atomic E-state index is -0.414. The number of para-hydroxylation sites is 1. The molecule has 21 heavy (non-hydrogen) atoms. The summed E-state index contributed by atoms with van der Waals surface area (Å²) in [7, 11) is 0. The molecule has 0 unspecified atom stereocenters. The summed E-state index contributed by atoms with van der Waals surface area (Å²) in [6.45, 7) is 0.157. The van der Waals surface area contributed by atoms with E-state index in [4.69, 9.17) is 16.3 Å². The number of rotatable bonds is 3. The third kappa shape index (κ3) is 3.17. The van der Waals surface area contributed by atoms with Crippen LogP contribution in [0.4, 0.5) is 4.39 Å². The van der Waals surface area contributed by atoms with Crippen molar-refractivity contribution < 1.29 is 9.13 Å². The van der Waals surface area contributed by atoms with Crippen LogP contribution in [0.15, 0.2) is 53.0 Å². The normalized spacial score (nSPS) is 10.8. The minimum Gasteiger partial charge on any atom is -0.486 e. The molecule has 1 aromatic heterocycles. The molecule has 0 amide bonds. The van der Waals surface area contributed by atoms with E-state index in [0.717, 1.165) is 20.9 Å². The molecule has 0 aliphatic carbocycles. The van der Waals surface area contributed by atoms with Gasteiger partial charge in [-0.15, -0.1) is 0 Å². The predicted molar refractivity (Wildman–Crippen MR) is 85.2 cm³/mol. The van der Waals surface area contributed by atoms with Crippen molar-refractivity contribution in [1.29, 1.82) is 0 Å². The zero-order chi connectivity index (χ0) is 14.8. The predicted octanol–water partition coefficient (Wildman–Crippen LogP) is 5.37. The summed E-state index contributed by atoms with van der Waals surface area (Å²) in [4.78, 5) is 4.31. The van der Waals surface area contributed by atoms with Crippen LogP contribution in [0, 0.1) is 5.82 Å². The van der Waals surface area contributed by atoms with E-state index in [0.29, 0.717) is 5.15 Å². The first kappa shape index (κ1) is 14.3. The molecule has 2 nitrogen and oxygen atoms in total. The Hall–Kier alpha value is -1.65. The van der Waals surface area contributed by atoms with Gasteiger partial charge in [0.15, 0.2) is 11.6 Å². The van der Waals surface area contributed by atoms with Crippen molar-refractivity contribution in [2.45, 2.75) is 6.61 Å². The lowest BCUT2D eigenvalue weighted by molar-refractivity contribution is 0.290. The second-order valence-electron chi connectivity index (χ2n) is 4.49. The average molecular weight is 367 g/mol. The highest BCUT2D eigenvalue weighted by Crippen LogP contribution is 2.25. The van der Waals surface area contributed by atoms with Crippen LogP contribution < -0.4 is 4.74 Å². The van der Waals surface area contributed by atoms with Crippen molar-refractivity contribution in [2.24, 2.45) is 0 Å². The topological polar surface area (TPSA) is 22.1 Å². The Labute approximate surface area is 134 Å². The lowest BCUT2D eigenvalue weighted by Crippen LogP contribution is -1.99. The highest BCUT2D eigenvalue weighted by Gasteiger charge is 2.08. The van der Waals surface area contributed by atoms with Crippen LogP contribution >= 0.6 is 27.5 Å². The van der Waals surface area contributed by atoms with Crippen LogP contribution in [0.5, 0.6) is 5.75 Å². The number of hydrogen-bond donors (Lipinski definition) is 0. The number of aromatic nitrogens is 1. The molecule has 0 saturated heterocycles. The standard InChI is InChI=1S/C16H10BrClFNO/c17-12-5-6-13(19)15(8-12)21-9-11-7-10-3-1-2-4-14(10)20-16(11)18/h1-8H,9H2. The number of hydrogen-bond acceptors (Lipinski definition) is 2. The van der Waals surface area contributed by atoms with Gasteiger partial charge in [0.1, 0.15) is 11.8 Å². The number of halogens is 3. The van der Waals surface area contributed by atoms with E-state index in [9.17, 15) is 4.39 Å². The Morgan fingerprint density at radius 3 is 2.81 bits per heavy atom. The zero-order valence-corrected chi connectivity index (χ0v) is 13.2. The van der Waals surface area contributed by atoms with E-state index in [2.05, 4.69) is 20.9 Å². The molecule has 0 spiro atoms. The van der Waals surface area contributed by atoms with Gasteiger partial charge in [-0.3, -0.25) is 0 Å². The lowest BCUT2D eigenvalue weighted by Gasteiger charge is -2.09. The van der Waals surface area contributed by atoms with Crippen molar-refractivity contribution >= 4 is 38.4 Å². The molecule has 3 aromatic rings. The summed E-state index contributed by atoms with van der Waals surface area (Å²) in [5.41, 5.74) is 1.54. The van der Waals surface area contributed by atoms with Crippen LogP contribution in [0.3, 0.4) is 0 Å². The summed E-state index contributed by atoms with van der Waals surface area (Å²) in [6.07, 6.45) is 0. The molecule has 3 rings (SSSR count). The molecule has 0 fully saturated rings. The highest BCUT2D eigenvalue weighted by molar-refractivity contribution is 9.10. The molecule has 1 heterocycles. The van der Waals surface area contributed by atoms with Crippen molar-refractivity contribution in [2.75, 3.05) is 0 Å². The monoisotopic (exact) mass is 365 g/mol. The molecular formula is C16H10BrClFNO. The van der Waals surface area contributed by atoms with E-state index < -0.39 is 5.82 Å². The summed E-state index contributed by atoms with van der Waals surface area (Å²) in [5.74, 6) is -0.239. The fraction of sp³-hybridized carbons (Fsp3) is 0.0625. The van der Waals surface area contributed by atoms with E-state index in [1.165, 1.54) is 6.07 Å². The maximum atomic E-state index is 13.6. The maximum absolute atomic E-state index is 13.6.